The number of hydrogen-bond donors (Lipinski definition) is 1. The summed E-state index contributed by atoms with van der Waals surface area (Å²) in [5.41, 5.74) is 13.8. The van der Waals surface area contributed by atoms with Gasteiger partial charge in [0.05, 0.1) is 6.04 Å². The number of fused-ring (bicyclic) bond motifs is 6. The van der Waals surface area contributed by atoms with Gasteiger partial charge in [-0.25, -0.2) is 0 Å². The maximum atomic E-state index is 6.58. The van der Waals surface area contributed by atoms with E-state index in [9.17, 15) is 0 Å². The van der Waals surface area contributed by atoms with Crippen LogP contribution in [0.1, 0.15) is 24.0 Å². The standard InChI is InChI=1S/C47H33NO2/c1-3-13-30(14-4-1)42-28-33(29-43(48-42)31-15-5-2-6-16-31)32-25-34(36-19-11-21-40-38-17-7-9-23-44(38)49-46(36)40)27-35(26-32)37-20-12-22-41-39-18-8-10-24-45(39)50-47(37)41/h1,3-5,7-29,43,48H,2,6H2. The van der Waals surface area contributed by atoms with Crippen LogP contribution in [-0.2, 0) is 0 Å². The van der Waals surface area contributed by atoms with Crippen molar-refractivity contribution < 1.29 is 8.83 Å². The van der Waals surface area contributed by atoms with Gasteiger partial charge in [-0.05, 0) is 88.7 Å². The van der Waals surface area contributed by atoms with E-state index in [2.05, 4.69) is 145 Å². The molecule has 1 atom stereocenters. The zero-order valence-electron chi connectivity index (χ0n) is 27.4. The van der Waals surface area contributed by atoms with E-state index in [1.807, 2.05) is 24.3 Å². The third-order valence-electron chi connectivity index (χ3n) is 10.1. The Morgan fingerprint density at radius 2 is 1.10 bits per heavy atom. The quantitative estimate of drug-likeness (QED) is 0.203. The fourth-order valence-electron chi connectivity index (χ4n) is 7.70. The SMILES string of the molecule is C1=CC(C2C=C(c3cc(-c4cccc5c4oc4ccccc45)cc(-c4cccc5c4oc4ccccc45)c3)C=C(c3ccccc3)N2)=CCC1. The van der Waals surface area contributed by atoms with Crippen molar-refractivity contribution in [1.82, 2.24) is 5.32 Å². The Morgan fingerprint density at radius 3 is 1.72 bits per heavy atom. The van der Waals surface area contributed by atoms with Crippen LogP contribution in [0.3, 0.4) is 0 Å². The fourth-order valence-corrected chi connectivity index (χ4v) is 7.70. The second-order valence-electron chi connectivity index (χ2n) is 13.2. The Morgan fingerprint density at radius 1 is 0.520 bits per heavy atom. The van der Waals surface area contributed by atoms with Crippen LogP contribution in [0.5, 0.6) is 0 Å². The lowest BCUT2D eigenvalue weighted by molar-refractivity contribution is 0.670. The molecule has 0 fully saturated rings. The van der Waals surface area contributed by atoms with Gasteiger partial charge >= 0.3 is 0 Å². The van der Waals surface area contributed by atoms with Crippen LogP contribution in [0.2, 0.25) is 0 Å². The summed E-state index contributed by atoms with van der Waals surface area (Å²) in [6, 6.07) is 47.2. The van der Waals surface area contributed by atoms with E-state index in [-0.39, 0.29) is 6.04 Å². The molecule has 238 valence electrons. The predicted octanol–water partition coefficient (Wildman–Crippen LogP) is 12.5. The van der Waals surface area contributed by atoms with Crippen molar-refractivity contribution >= 4 is 55.1 Å². The van der Waals surface area contributed by atoms with Crippen LogP contribution >= 0.6 is 0 Å². The number of benzene rings is 6. The van der Waals surface area contributed by atoms with E-state index in [0.717, 1.165) is 90.2 Å². The molecule has 50 heavy (non-hydrogen) atoms. The highest BCUT2D eigenvalue weighted by atomic mass is 16.3. The lowest BCUT2D eigenvalue weighted by Crippen LogP contribution is -2.30. The molecule has 0 amide bonds. The molecule has 3 nitrogen and oxygen atoms in total. The van der Waals surface area contributed by atoms with Crippen LogP contribution in [0.4, 0.5) is 0 Å². The van der Waals surface area contributed by atoms with Crippen molar-refractivity contribution in [1.29, 1.82) is 0 Å². The summed E-state index contributed by atoms with van der Waals surface area (Å²) < 4.78 is 13.2. The van der Waals surface area contributed by atoms with Crippen molar-refractivity contribution in [3.05, 3.63) is 181 Å². The smallest absolute Gasteiger partial charge is 0.143 e. The maximum Gasteiger partial charge on any atom is 0.143 e. The molecule has 10 rings (SSSR count). The van der Waals surface area contributed by atoms with Gasteiger partial charge in [0.15, 0.2) is 0 Å². The molecule has 1 aliphatic heterocycles. The van der Waals surface area contributed by atoms with Gasteiger partial charge in [0.25, 0.3) is 0 Å². The molecular weight excluding hydrogens is 611 g/mol. The monoisotopic (exact) mass is 643 g/mol. The number of rotatable bonds is 5. The molecule has 3 heteroatoms. The second-order valence-corrected chi connectivity index (χ2v) is 13.2. The summed E-state index contributed by atoms with van der Waals surface area (Å²) in [6.07, 6.45) is 13.7. The molecule has 0 saturated heterocycles. The first-order valence-corrected chi connectivity index (χ1v) is 17.4. The fraction of sp³-hybridized carbons (Fsp3) is 0.0638. The lowest BCUT2D eigenvalue weighted by atomic mass is 9.88. The number of para-hydroxylation sites is 4. The first-order valence-electron chi connectivity index (χ1n) is 17.4. The molecule has 6 aromatic carbocycles. The molecular formula is C47H33NO2. The minimum absolute atomic E-state index is 0.0477. The normalized spacial score (nSPS) is 16.1. The van der Waals surface area contributed by atoms with Crippen molar-refractivity contribution in [3.63, 3.8) is 0 Å². The number of furan rings is 2. The summed E-state index contributed by atoms with van der Waals surface area (Å²) in [5.74, 6) is 0. The Bertz CT molecular complexity index is 2600. The Labute approximate surface area is 290 Å². The van der Waals surface area contributed by atoms with Gasteiger partial charge in [-0.1, -0.05) is 121 Å². The van der Waals surface area contributed by atoms with Gasteiger partial charge in [0.2, 0.25) is 0 Å². The number of dihydropyridines is 1. The van der Waals surface area contributed by atoms with E-state index < -0.39 is 0 Å². The van der Waals surface area contributed by atoms with Crippen LogP contribution in [0.15, 0.2) is 178 Å². The van der Waals surface area contributed by atoms with Crippen LogP contribution in [0.25, 0.3) is 77.4 Å². The summed E-state index contributed by atoms with van der Waals surface area (Å²) in [6.45, 7) is 0. The van der Waals surface area contributed by atoms with Crippen molar-refractivity contribution in [3.8, 4) is 22.3 Å². The highest BCUT2D eigenvalue weighted by molar-refractivity contribution is 6.11. The highest BCUT2D eigenvalue weighted by Crippen LogP contribution is 2.42. The van der Waals surface area contributed by atoms with Gasteiger partial charge in [-0.2, -0.15) is 0 Å². The molecule has 0 spiro atoms. The van der Waals surface area contributed by atoms with E-state index >= 15 is 0 Å². The highest BCUT2D eigenvalue weighted by Gasteiger charge is 2.22. The van der Waals surface area contributed by atoms with Crippen molar-refractivity contribution in [2.45, 2.75) is 18.9 Å². The maximum absolute atomic E-state index is 6.58. The Hall–Kier alpha value is -6.32. The second kappa shape index (κ2) is 11.7. The summed E-state index contributed by atoms with van der Waals surface area (Å²) in [7, 11) is 0. The summed E-state index contributed by atoms with van der Waals surface area (Å²) >= 11 is 0. The summed E-state index contributed by atoms with van der Waals surface area (Å²) in [4.78, 5) is 0. The zero-order valence-corrected chi connectivity index (χ0v) is 27.4. The first kappa shape index (κ1) is 28.7. The number of nitrogens with one attached hydrogen (secondary N) is 1. The molecule has 0 radical (unpaired) electrons. The Balaban J connectivity index is 1.23. The molecule has 2 aliphatic rings. The number of hydrogen-bond acceptors (Lipinski definition) is 3. The molecule has 0 bridgehead atoms. The Kier molecular flexibility index (Phi) is 6.70. The summed E-state index contributed by atoms with van der Waals surface area (Å²) in [5, 5.41) is 8.33. The molecule has 1 unspecified atom stereocenters. The first-order chi connectivity index (χ1) is 24.8. The third kappa shape index (κ3) is 4.82. The van der Waals surface area contributed by atoms with Crippen molar-refractivity contribution in [2.24, 2.45) is 0 Å². The van der Waals surface area contributed by atoms with Gasteiger partial charge in [0, 0.05) is 38.4 Å². The lowest BCUT2D eigenvalue weighted by Gasteiger charge is -2.27. The van der Waals surface area contributed by atoms with Crippen LogP contribution in [0, 0.1) is 0 Å². The van der Waals surface area contributed by atoms with E-state index in [4.69, 9.17) is 8.83 Å². The minimum atomic E-state index is 0.0477. The van der Waals surface area contributed by atoms with E-state index in [1.54, 1.807) is 0 Å². The van der Waals surface area contributed by atoms with Gasteiger partial charge in [-0.15, -0.1) is 0 Å². The molecule has 2 aromatic heterocycles. The molecule has 3 heterocycles. The number of allylic oxidation sites excluding steroid dienone is 4. The van der Waals surface area contributed by atoms with E-state index in [0.29, 0.717) is 0 Å². The average molecular weight is 644 g/mol. The van der Waals surface area contributed by atoms with Crippen LogP contribution in [-0.4, -0.2) is 6.04 Å². The topological polar surface area (TPSA) is 38.3 Å². The molecule has 8 aromatic rings. The predicted molar refractivity (Wildman–Crippen MR) is 208 cm³/mol. The third-order valence-corrected chi connectivity index (χ3v) is 10.1. The average Bonchev–Trinajstić information content (AvgIpc) is 3.77. The van der Waals surface area contributed by atoms with Crippen LogP contribution < -0.4 is 5.32 Å². The minimum Gasteiger partial charge on any atom is -0.455 e. The molecule has 1 aliphatic carbocycles. The van der Waals surface area contributed by atoms with Crippen molar-refractivity contribution in [2.75, 3.05) is 0 Å². The van der Waals surface area contributed by atoms with Gasteiger partial charge < -0.3 is 14.2 Å². The molecule has 1 N–H and O–H groups in total. The zero-order chi connectivity index (χ0) is 33.0. The largest absolute Gasteiger partial charge is 0.455 e. The van der Waals surface area contributed by atoms with E-state index in [1.165, 1.54) is 16.7 Å². The molecule has 0 saturated carbocycles. The van der Waals surface area contributed by atoms with Gasteiger partial charge in [0.1, 0.15) is 22.3 Å². The van der Waals surface area contributed by atoms with Gasteiger partial charge in [-0.3, -0.25) is 0 Å².